The highest BCUT2D eigenvalue weighted by Crippen LogP contribution is 2.28. The molecular weight excluding hydrogens is 248 g/mol. The van der Waals surface area contributed by atoms with Crippen molar-refractivity contribution in [2.24, 2.45) is 0 Å². The second kappa shape index (κ2) is 5.69. The Hall–Kier alpha value is -2.10. The van der Waals surface area contributed by atoms with Crippen molar-refractivity contribution in [3.8, 4) is 5.75 Å². The number of methoxy groups -OCH3 is 1. The van der Waals surface area contributed by atoms with Gasteiger partial charge in [-0.3, -0.25) is 0 Å². The highest BCUT2D eigenvalue weighted by Gasteiger charge is 2.13. The first-order chi connectivity index (χ1) is 9.11. The third kappa shape index (κ3) is 3.02. The summed E-state index contributed by atoms with van der Waals surface area (Å²) in [4.78, 5) is 0. The third-order valence-corrected chi connectivity index (χ3v) is 2.91. The number of benzene rings is 2. The van der Waals surface area contributed by atoms with Crippen LogP contribution in [0.4, 0.5) is 14.5 Å². The molecule has 0 radical (unpaired) electrons. The summed E-state index contributed by atoms with van der Waals surface area (Å²) >= 11 is 0. The number of hydrogen-bond donors (Lipinski definition) is 1. The Bertz CT molecular complexity index is 572. The van der Waals surface area contributed by atoms with Crippen LogP contribution in [0, 0.1) is 11.6 Å². The molecule has 0 saturated carbocycles. The van der Waals surface area contributed by atoms with Gasteiger partial charge in [-0.15, -0.1) is 0 Å². The second-order valence-corrected chi connectivity index (χ2v) is 4.23. The van der Waals surface area contributed by atoms with E-state index in [1.807, 2.05) is 31.2 Å². The van der Waals surface area contributed by atoms with Crippen molar-refractivity contribution in [2.75, 3.05) is 12.4 Å². The first kappa shape index (κ1) is 13.3. The average Bonchev–Trinajstić information content (AvgIpc) is 2.39. The van der Waals surface area contributed by atoms with Crippen LogP contribution in [0.1, 0.15) is 18.5 Å². The van der Waals surface area contributed by atoms with Crippen LogP contribution in [0.15, 0.2) is 42.5 Å². The largest absolute Gasteiger partial charge is 0.495 e. The Morgan fingerprint density at radius 1 is 1.11 bits per heavy atom. The molecule has 0 fully saturated rings. The lowest BCUT2D eigenvalue weighted by molar-refractivity contribution is 0.416. The van der Waals surface area contributed by atoms with E-state index < -0.39 is 11.6 Å². The van der Waals surface area contributed by atoms with E-state index in [0.29, 0.717) is 11.3 Å². The first-order valence-electron chi connectivity index (χ1n) is 5.96. The molecule has 0 aliphatic heterocycles. The fourth-order valence-corrected chi connectivity index (χ4v) is 1.93. The molecule has 0 heterocycles. The highest BCUT2D eigenvalue weighted by molar-refractivity contribution is 5.57. The zero-order valence-corrected chi connectivity index (χ0v) is 10.8. The Balaban J connectivity index is 2.23. The molecule has 0 aliphatic carbocycles. The molecule has 1 N–H and O–H groups in total. The summed E-state index contributed by atoms with van der Waals surface area (Å²) in [5.41, 5.74) is 1.17. The van der Waals surface area contributed by atoms with Gasteiger partial charge >= 0.3 is 0 Å². The molecule has 0 aromatic heterocycles. The second-order valence-electron chi connectivity index (χ2n) is 4.23. The quantitative estimate of drug-likeness (QED) is 0.894. The smallest absolute Gasteiger partial charge is 0.141 e. The predicted molar refractivity (Wildman–Crippen MR) is 71.4 cm³/mol. The van der Waals surface area contributed by atoms with Crippen molar-refractivity contribution in [1.82, 2.24) is 0 Å². The number of para-hydroxylation sites is 2. The summed E-state index contributed by atoms with van der Waals surface area (Å²) in [6, 6.07) is 10.7. The van der Waals surface area contributed by atoms with Gasteiger partial charge in [0.05, 0.1) is 18.8 Å². The average molecular weight is 263 g/mol. The van der Waals surface area contributed by atoms with E-state index in [4.69, 9.17) is 4.74 Å². The van der Waals surface area contributed by atoms with Crippen LogP contribution in [0.3, 0.4) is 0 Å². The minimum Gasteiger partial charge on any atom is -0.495 e. The summed E-state index contributed by atoms with van der Waals surface area (Å²) in [5.74, 6) is -0.461. The van der Waals surface area contributed by atoms with Crippen molar-refractivity contribution in [2.45, 2.75) is 13.0 Å². The number of nitrogens with one attached hydrogen (secondary N) is 1. The van der Waals surface area contributed by atoms with Gasteiger partial charge in [-0.1, -0.05) is 18.2 Å². The molecule has 100 valence electrons. The van der Waals surface area contributed by atoms with Crippen LogP contribution < -0.4 is 10.1 Å². The lowest BCUT2D eigenvalue weighted by Crippen LogP contribution is -2.09. The Kier molecular flexibility index (Phi) is 4.00. The molecule has 2 aromatic carbocycles. The number of rotatable bonds is 4. The van der Waals surface area contributed by atoms with Crippen LogP contribution >= 0.6 is 0 Å². The number of halogens is 2. The molecule has 19 heavy (non-hydrogen) atoms. The minimum atomic E-state index is -0.578. The molecular formula is C15H15F2NO. The van der Waals surface area contributed by atoms with Gasteiger partial charge in [-0.25, -0.2) is 8.78 Å². The van der Waals surface area contributed by atoms with Gasteiger partial charge in [-0.2, -0.15) is 0 Å². The van der Waals surface area contributed by atoms with Gasteiger partial charge in [0.25, 0.3) is 0 Å². The van der Waals surface area contributed by atoms with Gasteiger partial charge in [0.15, 0.2) is 0 Å². The lowest BCUT2D eigenvalue weighted by Gasteiger charge is -2.18. The normalized spacial score (nSPS) is 12.0. The Labute approximate surface area is 111 Å². The summed E-state index contributed by atoms with van der Waals surface area (Å²) < 4.78 is 31.8. The molecule has 0 bridgehead atoms. The summed E-state index contributed by atoms with van der Waals surface area (Å²) in [7, 11) is 1.57. The van der Waals surface area contributed by atoms with Crippen molar-refractivity contribution >= 4 is 5.69 Å². The standard InChI is InChI=1S/C15H15F2NO/c1-10(12-8-7-11(16)9-13(12)17)18-14-5-3-4-6-15(14)19-2/h3-10,18H,1-2H3. The van der Waals surface area contributed by atoms with Gasteiger partial charge < -0.3 is 10.1 Å². The summed E-state index contributed by atoms with van der Waals surface area (Å²) in [6.45, 7) is 1.81. The predicted octanol–water partition coefficient (Wildman–Crippen LogP) is 4.15. The van der Waals surface area contributed by atoms with Crippen molar-refractivity contribution < 1.29 is 13.5 Å². The van der Waals surface area contributed by atoms with Crippen molar-refractivity contribution in [3.05, 3.63) is 59.7 Å². The highest BCUT2D eigenvalue weighted by atomic mass is 19.1. The Morgan fingerprint density at radius 3 is 2.53 bits per heavy atom. The molecule has 0 aliphatic rings. The molecule has 0 saturated heterocycles. The SMILES string of the molecule is COc1ccccc1NC(C)c1ccc(F)cc1F. The zero-order valence-electron chi connectivity index (χ0n) is 10.8. The van der Waals surface area contributed by atoms with Crippen LogP contribution in [0.2, 0.25) is 0 Å². The van der Waals surface area contributed by atoms with Crippen LogP contribution in [0.25, 0.3) is 0 Å². The molecule has 2 nitrogen and oxygen atoms in total. The van der Waals surface area contributed by atoms with Crippen molar-refractivity contribution in [3.63, 3.8) is 0 Å². The maximum absolute atomic E-state index is 13.7. The van der Waals surface area contributed by atoms with Crippen LogP contribution in [-0.2, 0) is 0 Å². The van der Waals surface area contributed by atoms with Gasteiger partial charge in [0.1, 0.15) is 17.4 Å². The fraction of sp³-hybridized carbons (Fsp3) is 0.200. The fourth-order valence-electron chi connectivity index (χ4n) is 1.93. The maximum Gasteiger partial charge on any atom is 0.141 e. The molecule has 2 aromatic rings. The molecule has 0 amide bonds. The van der Waals surface area contributed by atoms with E-state index in [9.17, 15) is 8.78 Å². The molecule has 1 atom stereocenters. The summed E-state index contributed by atoms with van der Waals surface area (Å²) in [6.07, 6.45) is 0. The number of hydrogen-bond acceptors (Lipinski definition) is 2. The third-order valence-electron chi connectivity index (χ3n) is 2.91. The van der Waals surface area contributed by atoms with E-state index in [1.54, 1.807) is 7.11 Å². The van der Waals surface area contributed by atoms with Crippen LogP contribution in [-0.4, -0.2) is 7.11 Å². The summed E-state index contributed by atoms with van der Waals surface area (Å²) in [5, 5.41) is 3.15. The maximum atomic E-state index is 13.7. The minimum absolute atomic E-state index is 0.295. The van der Waals surface area contributed by atoms with Crippen LogP contribution in [0.5, 0.6) is 5.75 Å². The van der Waals surface area contributed by atoms with E-state index in [0.717, 1.165) is 11.8 Å². The number of ether oxygens (including phenoxy) is 1. The van der Waals surface area contributed by atoms with Gasteiger partial charge in [-0.05, 0) is 25.1 Å². The van der Waals surface area contributed by atoms with E-state index >= 15 is 0 Å². The van der Waals surface area contributed by atoms with E-state index in [2.05, 4.69) is 5.32 Å². The topological polar surface area (TPSA) is 21.3 Å². The molecule has 4 heteroatoms. The van der Waals surface area contributed by atoms with E-state index in [1.165, 1.54) is 12.1 Å². The molecule has 2 rings (SSSR count). The Morgan fingerprint density at radius 2 is 1.84 bits per heavy atom. The van der Waals surface area contributed by atoms with E-state index in [-0.39, 0.29) is 6.04 Å². The van der Waals surface area contributed by atoms with Crippen molar-refractivity contribution in [1.29, 1.82) is 0 Å². The zero-order chi connectivity index (χ0) is 13.8. The number of anilines is 1. The molecule has 1 unspecified atom stereocenters. The van der Waals surface area contributed by atoms with Gasteiger partial charge in [0, 0.05) is 11.6 Å². The lowest BCUT2D eigenvalue weighted by atomic mass is 10.1. The molecule has 0 spiro atoms. The van der Waals surface area contributed by atoms with Gasteiger partial charge in [0.2, 0.25) is 0 Å². The first-order valence-corrected chi connectivity index (χ1v) is 5.96. The monoisotopic (exact) mass is 263 g/mol.